The lowest BCUT2D eigenvalue weighted by Crippen LogP contribution is -2.31. The van der Waals surface area contributed by atoms with Crippen molar-refractivity contribution in [2.24, 2.45) is 0 Å². The molecule has 0 aliphatic carbocycles. The fraction of sp³-hybridized carbons (Fsp3) is 0.267. The van der Waals surface area contributed by atoms with Gasteiger partial charge in [0.25, 0.3) is 0 Å². The average Bonchev–Trinajstić information content (AvgIpc) is 2.47. The number of nitrogens with zero attached hydrogens (tertiary/aromatic N) is 1. The number of aliphatic hydroxyl groups excluding tert-OH is 1. The Morgan fingerprint density at radius 1 is 1.24 bits per heavy atom. The van der Waals surface area contributed by atoms with Crippen molar-refractivity contribution in [2.75, 3.05) is 13.2 Å². The fourth-order valence-corrected chi connectivity index (χ4v) is 2.17. The van der Waals surface area contributed by atoms with E-state index >= 15 is 0 Å². The van der Waals surface area contributed by atoms with Gasteiger partial charge in [0.15, 0.2) is 0 Å². The molecule has 0 amide bonds. The van der Waals surface area contributed by atoms with E-state index in [0.717, 1.165) is 5.69 Å². The molecule has 1 aromatic heterocycles. The van der Waals surface area contributed by atoms with E-state index < -0.39 is 6.10 Å². The molecule has 0 saturated carbocycles. The molecule has 112 valence electrons. The molecule has 6 heteroatoms. The highest BCUT2D eigenvalue weighted by atomic mass is 35.5. The van der Waals surface area contributed by atoms with E-state index in [0.29, 0.717) is 28.9 Å². The lowest BCUT2D eigenvalue weighted by Gasteiger charge is -2.14. The minimum Gasteiger partial charge on any atom is -0.489 e. The minimum atomic E-state index is -0.638. The predicted octanol–water partition coefficient (Wildman–Crippen LogP) is 2.92. The van der Waals surface area contributed by atoms with Gasteiger partial charge in [0.2, 0.25) is 0 Å². The van der Waals surface area contributed by atoms with E-state index in [2.05, 4.69) is 10.3 Å². The third kappa shape index (κ3) is 5.52. The highest BCUT2D eigenvalue weighted by Crippen LogP contribution is 2.27. The van der Waals surface area contributed by atoms with Crippen LogP contribution in [0.2, 0.25) is 10.0 Å². The van der Waals surface area contributed by atoms with E-state index in [1.54, 1.807) is 24.4 Å². The number of rotatable bonds is 7. The SMILES string of the molecule is OC(CNCc1ccccn1)COc1ccc(Cl)cc1Cl. The van der Waals surface area contributed by atoms with Crippen LogP contribution in [0.1, 0.15) is 5.69 Å². The second-order valence-corrected chi connectivity index (χ2v) is 5.34. The summed E-state index contributed by atoms with van der Waals surface area (Å²) in [6.07, 6.45) is 1.10. The Bertz CT molecular complexity index is 567. The molecule has 1 aromatic carbocycles. The van der Waals surface area contributed by atoms with E-state index in [1.165, 1.54) is 0 Å². The van der Waals surface area contributed by atoms with Crippen molar-refractivity contribution in [1.82, 2.24) is 10.3 Å². The Kier molecular flexibility index (Phi) is 6.26. The summed E-state index contributed by atoms with van der Waals surface area (Å²) < 4.78 is 5.46. The molecule has 21 heavy (non-hydrogen) atoms. The van der Waals surface area contributed by atoms with Gasteiger partial charge in [-0.05, 0) is 30.3 Å². The van der Waals surface area contributed by atoms with Crippen LogP contribution in [-0.2, 0) is 6.54 Å². The standard InChI is InChI=1S/C15H16Cl2N2O2/c16-11-4-5-15(14(17)7-11)21-10-13(20)9-18-8-12-3-1-2-6-19-12/h1-7,13,18,20H,8-10H2. The molecule has 2 rings (SSSR count). The van der Waals surface area contributed by atoms with Gasteiger partial charge in [-0.15, -0.1) is 0 Å². The topological polar surface area (TPSA) is 54.4 Å². The molecule has 0 saturated heterocycles. The number of pyridine rings is 1. The summed E-state index contributed by atoms with van der Waals surface area (Å²) in [4.78, 5) is 4.18. The highest BCUT2D eigenvalue weighted by Gasteiger charge is 2.08. The fourth-order valence-electron chi connectivity index (χ4n) is 1.71. The Balaban J connectivity index is 1.71. The Morgan fingerprint density at radius 3 is 2.81 bits per heavy atom. The van der Waals surface area contributed by atoms with Crippen LogP contribution in [0.4, 0.5) is 0 Å². The van der Waals surface area contributed by atoms with Crippen LogP contribution in [0, 0.1) is 0 Å². The minimum absolute atomic E-state index is 0.149. The summed E-state index contributed by atoms with van der Waals surface area (Å²) in [7, 11) is 0. The summed E-state index contributed by atoms with van der Waals surface area (Å²) >= 11 is 11.8. The summed E-state index contributed by atoms with van der Waals surface area (Å²) in [5.41, 5.74) is 0.923. The van der Waals surface area contributed by atoms with Crippen molar-refractivity contribution in [1.29, 1.82) is 0 Å². The zero-order valence-corrected chi connectivity index (χ0v) is 12.8. The molecule has 0 bridgehead atoms. The van der Waals surface area contributed by atoms with Crippen LogP contribution in [0.3, 0.4) is 0 Å². The summed E-state index contributed by atoms with van der Waals surface area (Å²) in [5.74, 6) is 0.504. The van der Waals surface area contributed by atoms with E-state index in [4.69, 9.17) is 27.9 Å². The van der Waals surface area contributed by atoms with Crippen molar-refractivity contribution in [2.45, 2.75) is 12.6 Å². The number of benzene rings is 1. The van der Waals surface area contributed by atoms with Crippen molar-refractivity contribution in [3.05, 3.63) is 58.3 Å². The van der Waals surface area contributed by atoms with Crippen LogP contribution in [0.15, 0.2) is 42.6 Å². The van der Waals surface area contributed by atoms with Crippen molar-refractivity contribution >= 4 is 23.2 Å². The van der Waals surface area contributed by atoms with Gasteiger partial charge in [-0.1, -0.05) is 29.3 Å². The van der Waals surface area contributed by atoms with Gasteiger partial charge in [-0.2, -0.15) is 0 Å². The maximum atomic E-state index is 9.86. The number of hydrogen-bond acceptors (Lipinski definition) is 4. The third-order valence-corrected chi connectivity index (χ3v) is 3.27. The quantitative estimate of drug-likeness (QED) is 0.821. The third-order valence-electron chi connectivity index (χ3n) is 2.74. The number of aliphatic hydroxyl groups is 1. The van der Waals surface area contributed by atoms with E-state index in [1.807, 2.05) is 18.2 Å². The first kappa shape index (κ1) is 16.0. The maximum absolute atomic E-state index is 9.86. The van der Waals surface area contributed by atoms with Crippen molar-refractivity contribution in [3.63, 3.8) is 0 Å². The zero-order chi connectivity index (χ0) is 15.1. The molecule has 1 unspecified atom stereocenters. The molecular formula is C15H16Cl2N2O2. The molecule has 2 N–H and O–H groups in total. The Hall–Kier alpha value is -1.33. The molecule has 0 aliphatic heterocycles. The Morgan fingerprint density at radius 2 is 2.10 bits per heavy atom. The monoisotopic (exact) mass is 326 g/mol. The van der Waals surface area contributed by atoms with Gasteiger partial charge in [-0.25, -0.2) is 0 Å². The van der Waals surface area contributed by atoms with Gasteiger partial charge in [0.05, 0.1) is 10.7 Å². The van der Waals surface area contributed by atoms with Crippen LogP contribution >= 0.6 is 23.2 Å². The molecule has 0 spiro atoms. The molecule has 2 aromatic rings. The molecule has 0 aliphatic rings. The number of hydrogen-bond donors (Lipinski definition) is 2. The predicted molar refractivity (Wildman–Crippen MR) is 83.9 cm³/mol. The second-order valence-electron chi connectivity index (χ2n) is 4.49. The number of halogens is 2. The largest absolute Gasteiger partial charge is 0.489 e. The van der Waals surface area contributed by atoms with Crippen molar-refractivity contribution < 1.29 is 9.84 Å². The average molecular weight is 327 g/mol. The second kappa shape index (κ2) is 8.20. The molecule has 1 heterocycles. The first-order valence-electron chi connectivity index (χ1n) is 6.51. The van der Waals surface area contributed by atoms with Crippen LogP contribution in [0.25, 0.3) is 0 Å². The normalized spacial score (nSPS) is 12.1. The molecule has 4 nitrogen and oxygen atoms in total. The highest BCUT2D eigenvalue weighted by molar-refractivity contribution is 6.35. The Labute approximate surface area is 133 Å². The molecular weight excluding hydrogens is 311 g/mol. The molecule has 0 radical (unpaired) electrons. The molecule has 0 fully saturated rings. The number of ether oxygens (including phenoxy) is 1. The summed E-state index contributed by atoms with van der Waals surface area (Å²) in [5, 5.41) is 13.9. The van der Waals surface area contributed by atoms with E-state index in [9.17, 15) is 5.11 Å². The first-order valence-corrected chi connectivity index (χ1v) is 7.27. The van der Waals surface area contributed by atoms with Gasteiger partial charge >= 0.3 is 0 Å². The summed E-state index contributed by atoms with van der Waals surface area (Å²) in [6.45, 7) is 1.15. The smallest absolute Gasteiger partial charge is 0.138 e. The lowest BCUT2D eigenvalue weighted by molar-refractivity contribution is 0.106. The van der Waals surface area contributed by atoms with Crippen LogP contribution in [0.5, 0.6) is 5.75 Å². The van der Waals surface area contributed by atoms with Gasteiger partial charge in [0, 0.05) is 24.3 Å². The van der Waals surface area contributed by atoms with Gasteiger partial charge < -0.3 is 15.2 Å². The van der Waals surface area contributed by atoms with E-state index in [-0.39, 0.29) is 6.61 Å². The van der Waals surface area contributed by atoms with Crippen LogP contribution < -0.4 is 10.1 Å². The lowest BCUT2D eigenvalue weighted by atomic mass is 10.3. The maximum Gasteiger partial charge on any atom is 0.138 e. The van der Waals surface area contributed by atoms with Gasteiger partial charge in [0.1, 0.15) is 18.5 Å². The van der Waals surface area contributed by atoms with Crippen molar-refractivity contribution in [3.8, 4) is 5.75 Å². The zero-order valence-electron chi connectivity index (χ0n) is 11.3. The summed E-state index contributed by atoms with van der Waals surface area (Å²) in [6, 6.07) is 10.7. The van der Waals surface area contributed by atoms with Gasteiger partial charge in [-0.3, -0.25) is 4.98 Å². The molecule has 1 atom stereocenters. The van der Waals surface area contributed by atoms with Crippen LogP contribution in [-0.4, -0.2) is 29.3 Å². The number of aromatic nitrogens is 1. The number of nitrogens with one attached hydrogen (secondary N) is 1. The first-order chi connectivity index (χ1) is 10.1.